The van der Waals surface area contributed by atoms with Crippen molar-refractivity contribution in [2.24, 2.45) is 17.8 Å². The van der Waals surface area contributed by atoms with E-state index >= 15 is 0 Å². The molecule has 1 aliphatic rings. The van der Waals surface area contributed by atoms with Gasteiger partial charge in [-0.2, -0.15) is 0 Å². The maximum atomic E-state index is 12.7. The van der Waals surface area contributed by atoms with Gasteiger partial charge in [0.1, 0.15) is 0 Å². The van der Waals surface area contributed by atoms with E-state index in [1.807, 2.05) is 14.1 Å². The highest BCUT2D eigenvalue weighted by molar-refractivity contribution is 6.02. The Bertz CT molecular complexity index is 525. The van der Waals surface area contributed by atoms with E-state index < -0.39 is 0 Å². The van der Waals surface area contributed by atoms with Crippen molar-refractivity contribution in [3.05, 3.63) is 35.4 Å². The second-order valence-corrected chi connectivity index (χ2v) is 6.78. The van der Waals surface area contributed by atoms with E-state index in [0.29, 0.717) is 17.6 Å². The number of nitrogens with zero attached hydrogens (tertiary/aromatic N) is 1. The first-order chi connectivity index (χ1) is 9.90. The molecule has 0 saturated heterocycles. The van der Waals surface area contributed by atoms with Gasteiger partial charge >= 0.3 is 0 Å². The lowest BCUT2D eigenvalue weighted by Crippen LogP contribution is -2.30. The summed E-state index contributed by atoms with van der Waals surface area (Å²) in [5.41, 5.74) is 3.32. The number of rotatable bonds is 3. The second-order valence-electron chi connectivity index (χ2n) is 6.78. The summed E-state index contributed by atoms with van der Waals surface area (Å²) in [6, 6.07) is 8.40. The Kier molecular flexibility index (Phi) is 4.87. The Hall–Kier alpha value is -1.57. The van der Waals surface area contributed by atoms with Gasteiger partial charge in [0, 0.05) is 25.7 Å². The Labute approximate surface area is 128 Å². The van der Waals surface area contributed by atoms with Crippen molar-refractivity contribution in [2.75, 3.05) is 19.0 Å². The minimum atomic E-state index is 0.202. The van der Waals surface area contributed by atoms with E-state index in [1.54, 1.807) is 0 Å². The summed E-state index contributed by atoms with van der Waals surface area (Å²) < 4.78 is 0. The van der Waals surface area contributed by atoms with Gasteiger partial charge in [-0.1, -0.05) is 32.9 Å². The van der Waals surface area contributed by atoms with Crippen LogP contribution in [0.3, 0.4) is 0 Å². The SMILES string of the molecule is CC1CCC(C(C)C)C(=O)/C1=C\c1ccc(N(C)C)cc1. The minimum Gasteiger partial charge on any atom is -0.378 e. The Morgan fingerprint density at radius 1 is 1.14 bits per heavy atom. The number of carbonyl (C=O) groups excluding carboxylic acids is 1. The third kappa shape index (κ3) is 3.55. The first kappa shape index (κ1) is 15.8. The molecule has 0 N–H and O–H groups in total. The minimum absolute atomic E-state index is 0.202. The molecule has 0 heterocycles. The summed E-state index contributed by atoms with van der Waals surface area (Å²) in [4.78, 5) is 14.8. The Morgan fingerprint density at radius 2 is 1.76 bits per heavy atom. The van der Waals surface area contributed by atoms with Crippen LogP contribution in [0.2, 0.25) is 0 Å². The standard InChI is InChI=1S/C19H27NO/c1-13(2)17-11-6-14(3)18(19(17)21)12-15-7-9-16(10-8-15)20(4)5/h7-10,12-14,17H,6,11H2,1-5H3/b18-12-. The number of allylic oxidation sites excluding steroid dienone is 1. The monoisotopic (exact) mass is 285 g/mol. The van der Waals surface area contributed by atoms with E-state index in [2.05, 4.69) is 56.0 Å². The molecule has 2 rings (SSSR count). The highest BCUT2D eigenvalue weighted by Crippen LogP contribution is 2.35. The van der Waals surface area contributed by atoms with E-state index in [-0.39, 0.29) is 5.92 Å². The fourth-order valence-electron chi connectivity index (χ4n) is 3.07. The maximum absolute atomic E-state index is 12.7. The summed E-state index contributed by atoms with van der Waals surface area (Å²) >= 11 is 0. The number of carbonyl (C=O) groups is 1. The van der Waals surface area contributed by atoms with Gasteiger partial charge in [-0.3, -0.25) is 4.79 Å². The molecule has 0 bridgehead atoms. The van der Waals surface area contributed by atoms with E-state index in [0.717, 1.165) is 24.0 Å². The zero-order valence-electron chi connectivity index (χ0n) is 13.9. The van der Waals surface area contributed by atoms with Crippen LogP contribution in [-0.2, 0) is 4.79 Å². The molecule has 114 valence electrons. The van der Waals surface area contributed by atoms with Crippen LogP contribution in [0.15, 0.2) is 29.8 Å². The first-order valence-corrected chi connectivity index (χ1v) is 7.93. The van der Waals surface area contributed by atoms with Crippen LogP contribution in [0.5, 0.6) is 0 Å². The summed E-state index contributed by atoms with van der Waals surface area (Å²) in [7, 11) is 4.07. The molecule has 2 nitrogen and oxygen atoms in total. The molecule has 1 aliphatic carbocycles. The molecule has 0 radical (unpaired) electrons. The van der Waals surface area contributed by atoms with Crippen molar-refractivity contribution in [3.8, 4) is 0 Å². The Balaban J connectivity index is 2.26. The average molecular weight is 285 g/mol. The fraction of sp³-hybridized carbons (Fsp3) is 0.526. The molecule has 2 unspecified atom stereocenters. The van der Waals surface area contributed by atoms with Gasteiger partial charge < -0.3 is 4.90 Å². The normalized spacial score (nSPS) is 24.7. The van der Waals surface area contributed by atoms with Gasteiger partial charge in [-0.05, 0) is 54.0 Å². The predicted molar refractivity (Wildman–Crippen MR) is 90.5 cm³/mol. The fourth-order valence-corrected chi connectivity index (χ4v) is 3.07. The Morgan fingerprint density at radius 3 is 2.29 bits per heavy atom. The van der Waals surface area contributed by atoms with Crippen LogP contribution in [0.1, 0.15) is 39.2 Å². The summed E-state index contributed by atoms with van der Waals surface area (Å²) in [6.45, 7) is 6.48. The van der Waals surface area contributed by atoms with Crippen molar-refractivity contribution in [3.63, 3.8) is 0 Å². The molecule has 0 spiro atoms. The average Bonchev–Trinajstić information content (AvgIpc) is 2.43. The van der Waals surface area contributed by atoms with Gasteiger partial charge in [-0.15, -0.1) is 0 Å². The number of anilines is 1. The molecule has 2 atom stereocenters. The van der Waals surface area contributed by atoms with E-state index in [9.17, 15) is 4.79 Å². The lowest BCUT2D eigenvalue weighted by atomic mass is 9.73. The second kappa shape index (κ2) is 6.46. The van der Waals surface area contributed by atoms with Crippen LogP contribution >= 0.6 is 0 Å². The topological polar surface area (TPSA) is 20.3 Å². The van der Waals surface area contributed by atoms with Crippen molar-refractivity contribution < 1.29 is 4.79 Å². The predicted octanol–water partition coefficient (Wildman–Crippen LogP) is 4.41. The van der Waals surface area contributed by atoms with Crippen molar-refractivity contribution >= 4 is 17.5 Å². The number of Topliss-reactive ketones (excluding diaryl/α,β-unsaturated/α-hetero) is 1. The summed E-state index contributed by atoms with van der Waals surface area (Å²) in [5, 5.41) is 0. The van der Waals surface area contributed by atoms with Crippen LogP contribution in [-0.4, -0.2) is 19.9 Å². The molecular weight excluding hydrogens is 258 g/mol. The van der Waals surface area contributed by atoms with Crippen LogP contribution in [0, 0.1) is 17.8 Å². The maximum Gasteiger partial charge on any atom is 0.162 e. The molecule has 2 heteroatoms. The number of benzene rings is 1. The van der Waals surface area contributed by atoms with Gasteiger partial charge in [0.05, 0.1) is 0 Å². The summed E-state index contributed by atoms with van der Waals surface area (Å²) in [6.07, 6.45) is 4.26. The molecule has 1 aromatic rings. The zero-order chi connectivity index (χ0) is 15.6. The molecule has 1 saturated carbocycles. The van der Waals surface area contributed by atoms with Gasteiger partial charge in [0.25, 0.3) is 0 Å². The van der Waals surface area contributed by atoms with Crippen LogP contribution in [0.25, 0.3) is 6.08 Å². The van der Waals surface area contributed by atoms with Crippen LogP contribution < -0.4 is 4.90 Å². The van der Waals surface area contributed by atoms with E-state index in [4.69, 9.17) is 0 Å². The van der Waals surface area contributed by atoms with Gasteiger partial charge in [0.2, 0.25) is 0 Å². The molecule has 0 aliphatic heterocycles. The van der Waals surface area contributed by atoms with Crippen molar-refractivity contribution in [1.29, 1.82) is 0 Å². The van der Waals surface area contributed by atoms with E-state index in [1.165, 1.54) is 5.69 Å². The number of ketones is 1. The largest absolute Gasteiger partial charge is 0.378 e. The smallest absolute Gasteiger partial charge is 0.162 e. The highest BCUT2D eigenvalue weighted by Gasteiger charge is 2.32. The molecule has 0 amide bonds. The third-order valence-corrected chi connectivity index (χ3v) is 4.60. The highest BCUT2D eigenvalue weighted by atomic mass is 16.1. The molecule has 21 heavy (non-hydrogen) atoms. The molecule has 1 aromatic carbocycles. The lowest BCUT2D eigenvalue weighted by molar-refractivity contribution is -0.122. The third-order valence-electron chi connectivity index (χ3n) is 4.60. The van der Waals surface area contributed by atoms with Gasteiger partial charge in [0.15, 0.2) is 5.78 Å². The van der Waals surface area contributed by atoms with Gasteiger partial charge in [-0.25, -0.2) is 0 Å². The number of hydrogen-bond donors (Lipinski definition) is 0. The van der Waals surface area contributed by atoms with Crippen LogP contribution in [0.4, 0.5) is 5.69 Å². The molecular formula is C19H27NO. The zero-order valence-corrected chi connectivity index (χ0v) is 13.9. The van der Waals surface area contributed by atoms with Crippen molar-refractivity contribution in [1.82, 2.24) is 0 Å². The van der Waals surface area contributed by atoms with Crippen molar-refractivity contribution in [2.45, 2.75) is 33.6 Å². The number of hydrogen-bond acceptors (Lipinski definition) is 2. The lowest BCUT2D eigenvalue weighted by Gasteiger charge is -2.30. The first-order valence-electron chi connectivity index (χ1n) is 7.93. The molecule has 1 fully saturated rings. The summed E-state index contributed by atoms with van der Waals surface area (Å²) in [5.74, 6) is 1.37. The molecule has 0 aromatic heterocycles. The quantitative estimate of drug-likeness (QED) is 0.767.